The molecule has 0 fully saturated rings. The minimum atomic E-state index is -0.361. The summed E-state index contributed by atoms with van der Waals surface area (Å²) in [6, 6.07) is 19.4. The van der Waals surface area contributed by atoms with Crippen LogP contribution in [0.5, 0.6) is 5.75 Å². The van der Waals surface area contributed by atoms with Crippen LogP contribution in [0.1, 0.15) is 11.1 Å². The molecule has 1 aromatic heterocycles. The highest BCUT2D eigenvalue weighted by Gasteiger charge is 2.07. The van der Waals surface area contributed by atoms with E-state index < -0.39 is 0 Å². The fourth-order valence-electron chi connectivity index (χ4n) is 2.90. The molecule has 0 saturated carbocycles. The van der Waals surface area contributed by atoms with Crippen LogP contribution in [0.25, 0.3) is 21.7 Å². The standard InChI is InChI=1S/C21H15BrO3/c1-13-2-7-19-16(11-21(23)25-20(19)8-13)12-24-18-6-4-14-9-17(22)5-3-15(14)10-18/h2-11H,12H2,1H3. The third-order valence-corrected chi connectivity index (χ3v) is 4.65. The first kappa shape index (κ1) is 15.9. The number of aryl methyl sites for hydroxylation is 1. The third-order valence-electron chi connectivity index (χ3n) is 4.15. The van der Waals surface area contributed by atoms with Crippen LogP contribution in [-0.4, -0.2) is 0 Å². The van der Waals surface area contributed by atoms with Crippen molar-refractivity contribution in [1.29, 1.82) is 0 Å². The van der Waals surface area contributed by atoms with E-state index in [-0.39, 0.29) is 5.63 Å². The molecular weight excluding hydrogens is 380 g/mol. The summed E-state index contributed by atoms with van der Waals surface area (Å²) in [7, 11) is 0. The molecule has 0 spiro atoms. The van der Waals surface area contributed by atoms with Crippen LogP contribution in [0, 0.1) is 6.92 Å². The summed E-state index contributed by atoms with van der Waals surface area (Å²) in [5, 5.41) is 3.15. The molecule has 0 unspecified atom stereocenters. The predicted molar refractivity (Wildman–Crippen MR) is 103 cm³/mol. The smallest absolute Gasteiger partial charge is 0.336 e. The van der Waals surface area contributed by atoms with E-state index in [1.165, 1.54) is 6.07 Å². The van der Waals surface area contributed by atoms with Gasteiger partial charge in [-0.05, 0) is 53.6 Å². The summed E-state index contributed by atoms with van der Waals surface area (Å²) >= 11 is 3.48. The van der Waals surface area contributed by atoms with Crippen LogP contribution >= 0.6 is 15.9 Å². The van der Waals surface area contributed by atoms with Crippen molar-refractivity contribution in [1.82, 2.24) is 0 Å². The third kappa shape index (κ3) is 3.30. The Morgan fingerprint density at radius 2 is 1.76 bits per heavy atom. The first-order chi connectivity index (χ1) is 12.1. The van der Waals surface area contributed by atoms with Gasteiger partial charge < -0.3 is 9.15 Å². The minimum Gasteiger partial charge on any atom is -0.489 e. The largest absolute Gasteiger partial charge is 0.489 e. The molecule has 3 nitrogen and oxygen atoms in total. The molecule has 4 heteroatoms. The van der Waals surface area contributed by atoms with Gasteiger partial charge in [0.25, 0.3) is 0 Å². The molecule has 0 N–H and O–H groups in total. The maximum Gasteiger partial charge on any atom is 0.336 e. The van der Waals surface area contributed by atoms with Crippen molar-refractivity contribution >= 4 is 37.7 Å². The molecule has 3 aromatic carbocycles. The number of rotatable bonds is 3. The van der Waals surface area contributed by atoms with Gasteiger partial charge in [0.1, 0.15) is 17.9 Å². The predicted octanol–water partition coefficient (Wildman–Crippen LogP) is 5.60. The summed E-state index contributed by atoms with van der Waals surface area (Å²) in [5.41, 5.74) is 2.10. The van der Waals surface area contributed by atoms with Gasteiger partial charge in [-0.3, -0.25) is 0 Å². The molecule has 1 heterocycles. The Labute approximate surface area is 153 Å². The van der Waals surface area contributed by atoms with Crippen molar-refractivity contribution < 1.29 is 9.15 Å². The number of hydrogen-bond acceptors (Lipinski definition) is 3. The lowest BCUT2D eigenvalue weighted by molar-refractivity contribution is 0.307. The Kier molecular flexibility index (Phi) is 4.06. The number of fused-ring (bicyclic) bond motifs is 2. The van der Waals surface area contributed by atoms with Gasteiger partial charge >= 0.3 is 5.63 Å². The SMILES string of the molecule is Cc1ccc2c(COc3ccc4cc(Br)ccc4c3)cc(=O)oc2c1. The Morgan fingerprint density at radius 3 is 2.64 bits per heavy atom. The number of ether oxygens (including phenoxy) is 1. The normalized spacial score (nSPS) is 11.1. The molecule has 0 atom stereocenters. The second-order valence-electron chi connectivity index (χ2n) is 6.03. The fraction of sp³-hybridized carbons (Fsp3) is 0.0952. The van der Waals surface area contributed by atoms with Crippen molar-refractivity contribution in [3.8, 4) is 5.75 Å². The van der Waals surface area contributed by atoms with Gasteiger partial charge in [-0.15, -0.1) is 0 Å². The second-order valence-corrected chi connectivity index (χ2v) is 6.95. The highest BCUT2D eigenvalue weighted by molar-refractivity contribution is 9.10. The van der Waals surface area contributed by atoms with Crippen molar-refractivity contribution in [2.75, 3.05) is 0 Å². The summed E-state index contributed by atoms with van der Waals surface area (Å²) < 4.78 is 12.3. The van der Waals surface area contributed by atoms with Crippen LogP contribution < -0.4 is 10.4 Å². The van der Waals surface area contributed by atoms with E-state index in [9.17, 15) is 4.79 Å². The maximum atomic E-state index is 11.8. The summed E-state index contributed by atoms with van der Waals surface area (Å²) in [4.78, 5) is 11.8. The molecule has 0 bridgehead atoms. The van der Waals surface area contributed by atoms with E-state index in [4.69, 9.17) is 9.15 Å². The molecule has 0 amide bonds. The molecule has 0 aliphatic rings. The topological polar surface area (TPSA) is 39.4 Å². The van der Waals surface area contributed by atoms with E-state index in [1.54, 1.807) is 0 Å². The molecule has 0 aliphatic heterocycles. The zero-order chi connectivity index (χ0) is 17.4. The minimum absolute atomic E-state index is 0.313. The Bertz CT molecular complexity index is 1140. The summed E-state index contributed by atoms with van der Waals surface area (Å²) in [5.74, 6) is 0.767. The van der Waals surface area contributed by atoms with E-state index >= 15 is 0 Å². The Morgan fingerprint density at radius 1 is 0.960 bits per heavy atom. The van der Waals surface area contributed by atoms with Gasteiger partial charge in [0, 0.05) is 21.5 Å². The average Bonchev–Trinajstić information content (AvgIpc) is 2.59. The van der Waals surface area contributed by atoms with Gasteiger partial charge in [0.2, 0.25) is 0 Å². The highest BCUT2D eigenvalue weighted by atomic mass is 79.9. The summed E-state index contributed by atoms with van der Waals surface area (Å²) in [6.45, 7) is 2.28. The zero-order valence-corrected chi connectivity index (χ0v) is 15.2. The van der Waals surface area contributed by atoms with Gasteiger partial charge in [0.15, 0.2) is 0 Å². The van der Waals surface area contributed by atoms with Crippen LogP contribution in [0.15, 0.2) is 74.3 Å². The fourth-order valence-corrected chi connectivity index (χ4v) is 3.28. The number of hydrogen-bond donors (Lipinski definition) is 0. The molecule has 0 radical (unpaired) electrons. The van der Waals surface area contributed by atoms with E-state index in [0.29, 0.717) is 12.2 Å². The molecular formula is C21H15BrO3. The second kappa shape index (κ2) is 6.37. The molecule has 124 valence electrons. The Hall–Kier alpha value is -2.59. The Balaban J connectivity index is 1.66. The molecule has 0 saturated heterocycles. The highest BCUT2D eigenvalue weighted by Crippen LogP contribution is 2.25. The first-order valence-corrected chi connectivity index (χ1v) is 8.73. The van der Waals surface area contributed by atoms with Crippen molar-refractivity contribution in [3.05, 3.63) is 86.7 Å². The van der Waals surface area contributed by atoms with Crippen molar-refractivity contribution in [2.24, 2.45) is 0 Å². The average molecular weight is 395 g/mol. The summed E-state index contributed by atoms with van der Waals surface area (Å²) in [6.07, 6.45) is 0. The zero-order valence-electron chi connectivity index (χ0n) is 13.6. The van der Waals surface area contributed by atoms with E-state index in [0.717, 1.165) is 37.5 Å². The number of halogens is 1. The number of benzene rings is 3. The molecule has 4 rings (SSSR count). The van der Waals surface area contributed by atoms with Gasteiger partial charge in [0.05, 0.1) is 0 Å². The lowest BCUT2D eigenvalue weighted by Crippen LogP contribution is -2.04. The van der Waals surface area contributed by atoms with Gasteiger partial charge in [-0.1, -0.05) is 40.2 Å². The van der Waals surface area contributed by atoms with E-state index in [1.807, 2.05) is 55.5 Å². The van der Waals surface area contributed by atoms with Crippen LogP contribution in [-0.2, 0) is 6.61 Å². The van der Waals surface area contributed by atoms with Crippen LogP contribution in [0.4, 0.5) is 0 Å². The lowest BCUT2D eigenvalue weighted by Gasteiger charge is -2.09. The molecule has 0 aliphatic carbocycles. The maximum absolute atomic E-state index is 11.8. The van der Waals surface area contributed by atoms with Crippen molar-refractivity contribution in [2.45, 2.75) is 13.5 Å². The van der Waals surface area contributed by atoms with E-state index in [2.05, 4.69) is 22.0 Å². The molecule has 4 aromatic rings. The first-order valence-electron chi connectivity index (χ1n) is 7.94. The van der Waals surface area contributed by atoms with Crippen molar-refractivity contribution in [3.63, 3.8) is 0 Å². The molecule has 25 heavy (non-hydrogen) atoms. The monoisotopic (exact) mass is 394 g/mol. The van der Waals surface area contributed by atoms with Gasteiger partial charge in [-0.2, -0.15) is 0 Å². The lowest BCUT2D eigenvalue weighted by atomic mass is 10.1. The van der Waals surface area contributed by atoms with Crippen LogP contribution in [0.2, 0.25) is 0 Å². The van der Waals surface area contributed by atoms with Gasteiger partial charge in [-0.25, -0.2) is 4.79 Å². The van der Waals surface area contributed by atoms with Crippen LogP contribution in [0.3, 0.4) is 0 Å². The quantitative estimate of drug-likeness (QED) is 0.424.